The lowest BCUT2D eigenvalue weighted by atomic mass is 9.49. The number of amides is 3. The maximum atomic E-state index is 13.9. The van der Waals surface area contributed by atoms with Crippen molar-refractivity contribution in [1.82, 2.24) is 10.2 Å². The second-order valence-electron chi connectivity index (χ2n) is 10.3. The summed E-state index contributed by atoms with van der Waals surface area (Å²) in [5, 5.41) is 13.5. The Labute approximate surface area is 211 Å². The van der Waals surface area contributed by atoms with Crippen molar-refractivity contribution in [1.29, 1.82) is 5.26 Å². The number of carbonyl (C=O) groups excluding carboxylic acids is 2. The van der Waals surface area contributed by atoms with Crippen LogP contribution in [0.15, 0.2) is 95.6 Å². The molecule has 5 heteroatoms. The van der Waals surface area contributed by atoms with Gasteiger partial charge in [0, 0.05) is 23.1 Å². The molecule has 0 saturated heterocycles. The second-order valence-corrected chi connectivity index (χ2v) is 10.3. The predicted molar refractivity (Wildman–Crippen MR) is 138 cm³/mol. The van der Waals surface area contributed by atoms with Gasteiger partial charge in [-0.1, -0.05) is 92.1 Å². The molecule has 36 heavy (non-hydrogen) atoms. The molecule has 1 aliphatic heterocycles. The maximum Gasteiger partial charge on any atom is 0.325 e. The molecule has 1 spiro atoms. The first kappa shape index (κ1) is 22.5. The van der Waals surface area contributed by atoms with Crippen LogP contribution in [0.2, 0.25) is 0 Å². The van der Waals surface area contributed by atoms with Gasteiger partial charge in [-0.15, -0.1) is 0 Å². The highest BCUT2D eigenvalue weighted by molar-refractivity contribution is 6.10. The largest absolute Gasteiger partial charge is 0.335 e. The van der Waals surface area contributed by atoms with Gasteiger partial charge in [0.05, 0.1) is 11.5 Å². The molecule has 7 rings (SSSR count). The van der Waals surface area contributed by atoms with Gasteiger partial charge in [0.15, 0.2) is 0 Å². The van der Waals surface area contributed by atoms with Gasteiger partial charge in [0.2, 0.25) is 0 Å². The van der Waals surface area contributed by atoms with Gasteiger partial charge in [0.1, 0.15) is 5.54 Å². The van der Waals surface area contributed by atoms with E-state index >= 15 is 0 Å². The van der Waals surface area contributed by atoms with Crippen molar-refractivity contribution in [3.8, 4) is 6.07 Å². The predicted octanol–water partition coefficient (Wildman–Crippen LogP) is 5.56. The lowest BCUT2D eigenvalue weighted by Gasteiger charge is -2.54. The van der Waals surface area contributed by atoms with E-state index in [1.807, 2.05) is 61.5 Å². The summed E-state index contributed by atoms with van der Waals surface area (Å²) in [6.07, 6.45) is 11.0. The second kappa shape index (κ2) is 8.34. The molecule has 1 heterocycles. The van der Waals surface area contributed by atoms with Crippen molar-refractivity contribution in [2.45, 2.75) is 56.0 Å². The molecule has 0 aromatic heterocycles. The first-order valence-electron chi connectivity index (χ1n) is 12.8. The van der Waals surface area contributed by atoms with Gasteiger partial charge in [-0.25, -0.2) is 9.69 Å². The number of rotatable bonds is 3. The zero-order chi connectivity index (χ0) is 24.9. The molecule has 5 nitrogen and oxygen atoms in total. The van der Waals surface area contributed by atoms with Crippen LogP contribution in [0.5, 0.6) is 0 Å². The Morgan fingerprint density at radius 3 is 2.19 bits per heavy atom. The summed E-state index contributed by atoms with van der Waals surface area (Å²) in [4.78, 5) is 29.1. The smallest absolute Gasteiger partial charge is 0.325 e. The summed E-state index contributed by atoms with van der Waals surface area (Å²) >= 11 is 0. The van der Waals surface area contributed by atoms with Gasteiger partial charge in [-0.3, -0.25) is 4.79 Å². The van der Waals surface area contributed by atoms with Crippen LogP contribution in [0.1, 0.15) is 50.2 Å². The summed E-state index contributed by atoms with van der Waals surface area (Å²) < 4.78 is 0. The topological polar surface area (TPSA) is 73.2 Å². The number of carbonyl (C=O) groups is 2. The molecular weight excluding hydrogens is 446 g/mol. The standard InChI is InChI=1S/C31H29N3O2/c1-21-27-30(34(28(21)35)29(36)33-25-15-9-4-10-16-25)18-17-26(22(19-30)20-32)31(27,23-11-5-2-6-12-23)24-13-7-3-8-14-24/h2-3,5-8,11-14,17-19,25-26H,4,9-10,15-16H2,1H3,(H,33,36). The molecule has 1 N–H and O–H groups in total. The van der Waals surface area contributed by atoms with Gasteiger partial charge in [-0.05, 0) is 42.5 Å². The van der Waals surface area contributed by atoms with E-state index in [2.05, 4.69) is 35.7 Å². The van der Waals surface area contributed by atoms with Gasteiger partial charge >= 0.3 is 6.03 Å². The van der Waals surface area contributed by atoms with E-state index in [0.29, 0.717) is 11.1 Å². The Balaban J connectivity index is 1.59. The molecule has 180 valence electrons. The highest BCUT2D eigenvalue weighted by Gasteiger charge is 2.65. The minimum Gasteiger partial charge on any atom is -0.335 e. The molecule has 2 unspecified atom stereocenters. The zero-order valence-corrected chi connectivity index (χ0v) is 20.4. The van der Waals surface area contributed by atoms with E-state index in [1.165, 1.54) is 11.3 Å². The third kappa shape index (κ3) is 2.94. The van der Waals surface area contributed by atoms with Crippen molar-refractivity contribution in [2.24, 2.45) is 5.92 Å². The number of hydrogen-bond donors (Lipinski definition) is 1. The molecule has 1 fully saturated rings. The summed E-state index contributed by atoms with van der Waals surface area (Å²) in [6.45, 7) is 1.84. The molecule has 0 radical (unpaired) electrons. The lowest BCUT2D eigenvalue weighted by Crippen LogP contribution is -2.61. The molecule has 2 aromatic carbocycles. The zero-order valence-electron chi connectivity index (χ0n) is 20.4. The van der Waals surface area contributed by atoms with Crippen LogP contribution in [0.4, 0.5) is 4.79 Å². The number of hydrogen-bond acceptors (Lipinski definition) is 3. The maximum absolute atomic E-state index is 13.9. The first-order valence-corrected chi connectivity index (χ1v) is 12.8. The monoisotopic (exact) mass is 475 g/mol. The Bertz CT molecular complexity index is 1320. The summed E-state index contributed by atoms with van der Waals surface area (Å²) in [5.41, 5.74) is 2.14. The molecule has 2 atom stereocenters. The third-order valence-corrected chi connectivity index (χ3v) is 8.51. The van der Waals surface area contributed by atoms with Crippen LogP contribution < -0.4 is 5.32 Å². The summed E-state index contributed by atoms with van der Waals surface area (Å²) in [6, 6.07) is 22.3. The number of imide groups is 1. The van der Waals surface area contributed by atoms with Crippen LogP contribution in [0.3, 0.4) is 0 Å². The first-order chi connectivity index (χ1) is 17.5. The number of allylic oxidation sites excluding steroid dienone is 2. The Hall–Kier alpha value is -3.91. The quantitative estimate of drug-likeness (QED) is 0.591. The molecule has 1 saturated carbocycles. The number of urea groups is 1. The van der Waals surface area contributed by atoms with Crippen molar-refractivity contribution < 1.29 is 9.59 Å². The van der Waals surface area contributed by atoms with Crippen LogP contribution >= 0.6 is 0 Å². The van der Waals surface area contributed by atoms with E-state index in [1.54, 1.807) is 0 Å². The normalized spacial score (nSPS) is 26.4. The number of nitrogens with zero attached hydrogens (tertiary/aromatic N) is 2. The molecule has 4 aliphatic carbocycles. The average molecular weight is 476 g/mol. The average Bonchev–Trinajstić information content (AvgIpc) is 3.15. The Kier molecular flexibility index (Phi) is 5.22. The number of nitriles is 1. The number of nitrogens with one attached hydrogen (secondary N) is 1. The van der Waals surface area contributed by atoms with Crippen LogP contribution in [0.25, 0.3) is 0 Å². The SMILES string of the molecule is CC1=C2C(c3ccccc3)(c3ccccc3)C3C=CC2(C=C3C#N)N(C(=O)NC2CCCCC2)C1=O. The summed E-state index contributed by atoms with van der Waals surface area (Å²) in [5.74, 6) is -0.580. The van der Waals surface area contributed by atoms with E-state index in [9.17, 15) is 14.9 Å². The van der Waals surface area contributed by atoms with E-state index < -0.39 is 11.0 Å². The Morgan fingerprint density at radius 2 is 1.61 bits per heavy atom. The van der Waals surface area contributed by atoms with Crippen molar-refractivity contribution in [3.05, 3.63) is 107 Å². The Morgan fingerprint density at radius 1 is 1.00 bits per heavy atom. The van der Waals surface area contributed by atoms with Crippen molar-refractivity contribution in [3.63, 3.8) is 0 Å². The van der Waals surface area contributed by atoms with Gasteiger partial charge in [0.25, 0.3) is 5.91 Å². The van der Waals surface area contributed by atoms with E-state index in [0.717, 1.165) is 42.4 Å². The fraction of sp³-hybridized carbons (Fsp3) is 0.323. The minimum atomic E-state index is -1.12. The van der Waals surface area contributed by atoms with Gasteiger partial charge in [-0.2, -0.15) is 5.26 Å². The lowest BCUT2D eigenvalue weighted by molar-refractivity contribution is -0.124. The molecule has 2 bridgehead atoms. The molecule has 5 aliphatic rings. The third-order valence-electron chi connectivity index (χ3n) is 8.51. The van der Waals surface area contributed by atoms with Gasteiger partial charge < -0.3 is 5.32 Å². The molecular formula is C31H29N3O2. The fourth-order valence-electron chi connectivity index (χ4n) is 7.08. The fourth-order valence-corrected chi connectivity index (χ4v) is 7.08. The summed E-state index contributed by atoms with van der Waals surface area (Å²) in [7, 11) is 0. The highest BCUT2D eigenvalue weighted by atomic mass is 16.2. The highest BCUT2D eigenvalue weighted by Crippen LogP contribution is 2.63. The number of benzene rings is 2. The van der Waals surface area contributed by atoms with Crippen LogP contribution in [-0.4, -0.2) is 28.4 Å². The van der Waals surface area contributed by atoms with Crippen molar-refractivity contribution >= 4 is 11.9 Å². The van der Waals surface area contributed by atoms with E-state index in [-0.39, 0.29) is 23.9 Å². The van der Waals surface area contributed by atoms with Crippen LogP contribution in [-0.2, 0) is 10.2 Å². The minimum absolute atomic E-state index is 0.0659. The molecule has 3 amide bonds. The van der Waals surface area contributed by atoms with Crippen molar-refractivity contribution in [2.75, 3.05) is 0 Å². The molecule has 2 aromatic rings. The van der Waals surface area contributed by atoms with E-state index in [4.69, 9.17) is 0 Å². The van der Waals surface area contributed by atoms with Crippen LogP contribution in [0, 0.1) is 17.2 Å².